The summed E-state index contributed by atoms with van der Waals surface area (Å²) in [7, 11) is 0. The Labute approximate surface area is 127 Å². The van der Waals surface area contributed by atoms with Crippen LogP contribution in [-0.2, 0) is 4.74 Å². The van der Waals surface area contributed by atoms with Gasteiger partial charge in [-0.3, -0.25) is 0 Å². The van der Waals surface area contributed by atoms with Crippen molar-refractivity contribution in [2.45, 2.75) is 6.42 Å². The smallest absolute Gasteiger partial charge is 0.337 e. The number of amides is 2. The van der Waals surface area contributed by atoms with Crippen LogP contribution < -0.4 is 10.6 Å². The summed E-state index contributed by atoms with van der Waals surface area (Å²) in [6.07, 6.45) is 2.49. The molecule has 1 aromatic carbocycles. The topological polar surface area (TPSA) is 87.7 Å². The largest absolute Gasteiger partial charge is 0.478 e. The Morgan fingerprint density at radius 1 is 1.38 bits per heavy atom. The number of benzene rings is 1. The molecule has 0 bridgehead atoms. The fraction of sp³-hybridized carbons (Fsp3) is 0.286. The summed E-state index contributed by atoms with van der Waals surface area (Å²) in [6, 6.07) is 3.64. The fourth-order valence-electron chi connectivity index (χ4n) is 1.48. The molecule has 0 aliphatic rings. The Hall–Kier alpha value is -2.05. The van der Waals surface area contributed by atoms with Crippen molar-refractivity contribution in [1.82, 2.24) is 5.32 Å². The number of aromatic carboxylic acids is 1. The Morgan fingerprint density at radius 2 is 2.14 bits per heavy atom. The van der Waals surface area contributed by atoms with E-state index in [1.807, 2.05) is 0 Å². The second kappa shape index (κ2) is 8.99. The summed E-state index contributed by atoms with van der Waals surface area (Å²) in [5.41, 5.74) is 0.108. The first kappa shape index (κ1) is 17.0. The molecule has 3 N–H and O–H groups in total. The van der Waals surface area contributed by atoms with E-state index in [9.17, 15) is 9.59 Å². The van der Waals surface area contributed by atoms with E-state index in [2.05, 4.69) is 17.2 Å². The van der Waals surface area contributed by atoms with Crippen molar-refractivity contribution < 1.29 is 19.4 Å². The highest BCUT2D eigenvalue weighted by molar-refractivity contribution is 6.31. The third kappa shape index (κ3) is 6.29. The van der Waals surface area contributed by atoms with Gasteiger partial charge in [-0.25, -0.2) is 9.59 Å². The van der Waals surface area contributed by atoms with Crippen molar-refractivity contribution in [1.29, 1.82) is 0 Å². The standard InChI is InChI=1S/C14H17ClN2O4/c1-2-3-7-21-8-6-16-14(20)17-12-9-10(15)4-5-11(12)13(18)19/h2,4-5,9H,1,3,6-8H2,(H,18,19)(H2,16,17,20). The number of anilines is 1. The molecule has 21 heavy (non-hydrogen) atoms. The third-order valence-corrected chi connectivity index (χ3v) is 2.69. The maximum absolute atomic E-state index is 11.7. The number of hydrogen-bond acceptors (Lipinski definition) is 3. The van der Waals surface area contributed by atoms with Crippen LogP contribution in [0.1, 0.15) is 16.8 Å². The average molecular weight is 313 g/mol. The van der Waals surface area contributed by atoms with E-state index in [0.717, 1.165) is 6.42 Å². The number of hydrogen-bond donors (Lipinski definition) is 3. The van der Waals surface area contributed by atoms with Crippen LogP contribution in [0.5, 0.6) is 0 Å². The highest BCUT2D eigenvalue weighted by atomic mass is 35.5. The van der Waals surface area contributed by atoms with Crippen LogP contribution in [0.25, 0.3) is 0 Å². The first-order valence-corrected chi connectivity index (χ1v) is 6.68. The number of carbonyl (C=O) groups excluding carboxylic acids is 1. The van der Waals surface area contributed by atoms with E-state index in [1.54, 1.807) is 6.08 Å². The second-order valence-electron chi connectivity index (χ2n) is 4.07. The molecular weight excluding hydrogens is 296 g/mol. The molecule has 0 fully saturated rings. The number of carbonyl (C=O) groups is 2. The predicted octanol–water partition coefficient (Wildman–Crippen LogP) is 2.75. The van der Waals surface area contributed by atoms with Gasteiger partial charge in [0, 0.05) is 11.6 Å². The summed E-state index contributed by atoms with van der Waals surface area (Å²) in [5.74, 6) is -1.14. The zero-order valence-electron chi connectivity index (χ0n) is 11.4. The van der Waals surface area contributed by atoms with Gasteiger partial charge in [-0.05, 0) is 24.6 Å². The van der Waals surface area contributed by atoms with Crippen molar-refractivity contribution in [2.75, 3.05) is 25.1 Å². The van der Waals surface area contributed by atoms with E-state index in [1.165, 1.54) is 18.2 Å². The Morgan fingerprint density at radius 3 is 2.81 bits per heavy atom. The number of urea groups is 1. The highest BCUT2D eigenvalue weighted by Gasteiger charge is 2.12. The summed E-state index contributed by atoms with van der Waals surface area (Å²) >= 11 is 5.79. The van der Waals surface area contributed by atoms with Crippen molar-refractivity contribution in [2.24, 2.45) is 0 Å². The van der Waals surface area contributed by atoms with Crippen LogP contribution in [0.15, 0.2) is 30.9 Å². The molecule has 6 nitrogen and oxygen atoms in total. The predicted molar refractivity (Wildman–Crippen MR) is 81.1 cm³/mol. The third-order valence-electron chi connectivity index (χ3n) is 2.46. The molecule has 0 aliphatic heterocycles. The van der Waals surface area contributed by atoms with Gasteiger partial charge in [-0.1, -0.05) is 17.7 Å². The first-order valence-electron chi connectivity index (χ1n) is 6.31. The lowest BCUT2D eigenvalue weighted by atomic mass is 10.2. The van der Waals surface area contributed by atoms with Crippen molar-refractivity contribution in [3.05, 3.63) is 41.4 Å². The number of carboxylic acids is 1. The van der Waals surface area contributed by atoms with Crippen LogP contribution in [0.4, 0.5) is 10.5 Å². The number of halogens is 1. The summed E-state index contributed by atoms with van der Waals surface area (Å²) in [4.78, 5) is 22.7. The molecule has 0 saturated carbocycles. The average Bonchev–Trinajstić information content (AvgIpc) is 2.42. The summed E-state index contributed by atoms with van der Waals surface area (Å²) in [5, 5.41) is 14.4. The quantitative estimate of drug-likeness (QED) is 0.509. The molecule has 0 heterocycles. The van der Waals surface area contributed by atoms with E-state index in [-0.39, 0.29) is 11.3 Å². The van der Waals surface area contributed by atoms with Crippen molar-refractivity contribution in [3.8, 4) is 0 Å². The van der Waals surface area contributed by atoms with Gasteiger partial charge in [0.15, 0.2) is 0 Å². The van der Waals surface area contributed by atoms with Gasteiger partial charge >= 0.3 is 12.0 Å². The van der Waals surface area contributed by atoms with Gasteiger partial charge in [0.2, 0.25) is 0 Å². The number of nitrogens with one attached hydrogen (secondary N) is 2. The second-order valence-corrected chi connectivity index (χ2v) is 4.50. The molecule has 2 amide bonds. The van der Waals surface area contributed by atoms with Crippen LogP contribution >= 0.6 is 11.6 Å². The summed E-state index contributed by atoms with van der Waals surface area (Å²) < 4.78 is 5.23. The minimum absolute atomic E-state index is 0.0308. The molecule has 0 atom stereocenters. The lowest BCUT2D eigenvalue weighted by Gasteiger charge is -2.10. The molecule has 114 valence electrons. The Balaban J connectivity index is 2.45. The maximum atomic E-state index is 11.7. The molecule has 0 aliphatic carbocycles. The minimum atomic E-state index is -1.14. The van der Waals surface area contributed by atoms with E-state index in [0.29, 0.717) is 24.8 Å². The molecule has 0 aromatic heterocycles. The zero-order chi connectivity index (χ0) is 15.7. The van der Waals surface area contributed by atoms with Crippen LogP contribution in [0.2, 0.25) is 5.02 Å². The number of carboxylic acid groups (broad SMARTS) is 1. The number of ether oxygens (including phenoxy) is 1. The van der Waals surface area contributed by atoms with Gasteiger partial charge in [0.1, 0.15) is 0 Å². The van der Waals surface area contributed by atoms with E-state index < -0.39 is 12.0 Å². The fourth-order valence-corrected chi connectivity index (χ4v) is 1.65. The van der Waals surface area contributed by atoms with Crippen LogP contribution in [0, 0.1) is 0 Å². The van der Waals surface area contributed by atoms with Crippen LogP contribution in [0.3, 0.4) is 0 Å². The molecule has 0 radical (unpaired) electrons. The molecular formula is C14H17ClN2O4. The zero-order valence-corrected chi connectivity index (χ0v) is 12.2. The molecule has 0 spiro atoms. The summed E-state index contributed by atoms with van der Waals surface area (Å²) in [6.45, 7) is 4.79. The van der Waals surface area contributed by atoms with E-state index in [4.69, 9.17) is 21.4 Å². The molecule has 0 saturated heterocycles. The van der Waals surface area contributed by atoms with Gasteiger partial charge < -0.3 is 20.5 Å². The molecule has 1 rings (SSSR count). The van der Waals surface area contributed by atoms with Gasteiger partial charge in [-0.2, -0.15) is 0 Å². The van der Waals surface area contributed by atoms with E-state index >= 15 is 0 Å². The first-order chi connectivity index (χ1) is 10.0. The maximum Gasteiger partial charge on any atom is 0.337 e. The Bertz CT molecular complexity index is 520. The molecule has 7 heteroatoms. The molecule has 1 aromatic rings. The minimum Gasteiger partial charge on any atom is -0.478 e. The van der Waals surface area contributed by atoms with Crippen molar-refractivity contribution in [3.63, 3.8) is 0 Å². The van der Waals surface area contributed by atoms with Gasteiger partial charge in [0.05, 0.1) is 24.5 Å². The van der Waals surface area contributed by atoms with Gasteiger partial charge in [0.25, 0.3) is 0 Å². The van der Waals surface area contributed by atoms with Gasteiger partial charge in [-0.15, -0.1) is 6.58 Å². The number of rotatable bonds is 8. The highest BCUT2D eigenvalue weighted by Crippen LogP contribution is 2.21. The van der Waals surface area contributed by atoms with Crippen LogP contribution in [-0.4, -0.2) is 36.9 Å². The normalized spacial score (nSPS) is 9.95. The SMILES string of the molecule is C=CCCOCCNC(=O)Nc1cc(Cl)ccc1C(=O)O. The van der Waals surface area contributed by atoms with Crippen molar-refractivity contribution >= 4 is 29.3 Å². The lowest BCUT2D eigenvalue weighted by molar-refractivity contribution is 0.0698. The Kier molecular flexibility index (Phi) is 7.28. The monoisotopic (exact) mass is 312 g/mol. The molecule has 0 unspecified atom stereocenters. The lowest BCUT2D eigenvalue weighted by Crippen LogP contribution is -2.32.